The largest absolute Gasteiger partial charge is 0.497 e. The summed E-state index contributed by atoms with van der Waals surface area (Å²) in [6, 6.07) is 15.7. The number of aromatic nitrogens is 3. The number of halogens is 1. The highest BCUT2D eigenvalue weighted by molar-refractivity contribution is 5.99. The lowest BCUT2D eigenvalue weighted by Crippen LogP contribution is -2.22. The highest BCUT2D eigenvalue weighted by Crippen LogP contribution is 2.29. The second-order valence-corrected chi connectivity index (χ2v) is 9.02. The lowest BCUT2D eigenvalue weighted by molar-refractivity contribution is 0.262. The number of ether oxygens (including phenoxy) is 2. The fraction of sp³-hybridized carbons (Fsp3) is 0.192. The van der Waals surface area contributed by atoms with E-state index in [1.54, 1.807) is 30.0 Å². The van der Waals surface area contributed by atoms with Crippen LogP contribution in [0.2, 0.25) is 0 Å². The molecule has 2 aromatic heterocycles. The number of nitrogens with two attached hydrogens (primary N) is 1. The van der Waals surface area contributed by atoms with Gasteiger partial charge in [-0.05, 0) is 30.3 Å². The molecule has 9 nitrogen and oxygen atoms in total. The molecular weight excluding hydrogens is 463 g/mol. The normalized spacial score (nSPS) is 11.1. The van der Waals surface area contributed by atoms with Gasteiger partial charge in [-0.1, -0.05) is 26.8 Å². The van der Waals surface area contributed by atoms with Crippen LogP contribution in [-0.2, 0) is 5.41 Å². The van der Waals surface area contributed by atoms with Gasteiger partial charge in [0.25, 0.3) is 0 Å². The Morgan fingerprint density at radius 2 is 1.78 bits per heavy atom. The number of pyridine rings is 1. The maximum atomic E-state index is 14.7. The van der Waals surface area contributed by atoms with Crippen molar-refractivity contribution in [2.24, 2.45) is 0 Å². The number of hydrogen-bond acceptors (Lipinski definition) is 6. The van der Waals surface area contributed by atoms with E-state index in [2.05, 4.69) is 20.7 Å². The second-order valence-electron chi connectivity index (χ2n) is 9.02. The molecule has 10 heteroatoms. The van der Waals surface area contributed by atoms with E-state index in [0.717, 1.165) is 5.69 Å². The van der Waals surface area contributed by atoms with Crippen LogP contribution >= 0.6 is 0 Å². The van der Waals surface area contributed by atoms with Crippen molar-refractivity contribution >= 4 is 23.4 Å². The molecule has 0 saturated carbocycles. The summed E-state index contributed by atoms with van der Waals surface area (Å²) in [5.41, 5.74) is 6.83. The van der Waals surface area contributed by atoms with Gasteiger partial charge in [0.05, 0.1) is 24.2 Å². The van der Waals surface area contributed by atoms with Crippen LogP contribution in [0.15, 0.2) is 66.9 Å². The van der Waals surface area contributed by atoms with Crippen LogP contribution in [-0.4, -0.2) is 27.9 Å². The number of nitrogen functional groups attached to an aromatic ring is 1. The van der Waals surface area contributed by atoms with E-state index in [-0.39, 0.29) is 22.7 Å². The predicted octanol–water partition coefficient (Wildman–Crippen LogP) is 5.73. The van der Waals surface area contributed by atoms with Gasteiger partial charge in [0.2, 0.25) is 0 Å². The molecule has 0 bridgehead atoms. The van der Waals surface area contributed by atoms with Gasteiger partial charge in [-0.15, -0.1) is 0 Å². The molecule has 4 aromatic rings. The third-order valence-corrected chi connectivity index (χ3v) is 5.19. The van der Waals surface area contributed by atoms with E-state index in [0.29, 0.717) is 23.0 Å². The van der Waals surface area contributed by atoms with Crippen molar-refractivity contribution in [3.05, 3.63) is 78.4 Å². The van der Waals surface area contributed by atoms with Crippen LogP contribution in [0.25, 0.3) is 5.69 Å². The maximum absolute atomic E-state index is 14.7. The van der Waals surface area contributed by atoms with E-state index >= 15 is 0 Å². The summed E-state index contributed by atoms with van der Waals surface area (Å²) in [4.78, 5) is 16.7. The SMILES string of the molecule is COc1cccc(-n2nc(C(C)(C)C)cc2NC(=O)Nc2ccc(Oc3ccnc(N)c3)cc2F)c1. The lowest BCUT2D eigenvalue weighted by atomic mass is 9.92. The third kappa shape index (κ3) is 5.72. The van der Waals surface area contributed by atoms with Crippen molar-refractivity contribution in [2.45, 2.75) is 26.2 Å². The number of hydrogen-bond donors (Lipinski definition) is 3. The van der Waals surface area contributed by atoms with E-state index in [1.165, 1.54) is 30.5 Å². The van der Waals surface area contributed by atoms with Gasteiger partial charge in [-0.3, -0.25) is 5.32 Å². The first kappa shape index (κ1) is 24.5. The summed E-state index contributed by atoms with van der Waals surface area (Å²) < 4.78 is 27.3. The van der Waals surface area contributed by atoms with Crippen LogP contribution in [0.1, 0.15) is 26.5 Å². The predicted molar refractivity (Wildman–Crippen MR) is 137 cm³/mol. The molecule has 0 atom stereocenters. The molecule has 0 radical (unpaired) electrons. The molecule has 0 aliphatic heterocycles. The Bertz CT molecular complexity index is 1400. The zero-order valence-corrected chi connectivity index (χ0v) is 20.4. The summed E-state index contributed by atoms with van der Waals surface area (Å²) in [7, 11) is 1.58. The number of amides is 2. The highest BCUT2D eigenvalue weighted by Gasteiger charge is 2.22. The van der Waals surface area contributed by atoms with Gasteiger partial charge in [0, 0.05) is 35.9 Å². The Kier molecular flexibility index (Phi) is 6.77. The number of rotatable bonds is 6. The Labute approximate surface area is 208 Å². The van der Waals surface area contributed by atoms with Gasteiger partial charge >= 0.3 is 6.03 Å². The lowest BCUT2D eigenvalue weighted by Gasteiger charge is -2.14. The summed E-state index contributed by atoms with van der Waals surface area (Å²) in [5, 5.41) is 9.98. The average molecular weight is 491 g/mol. The number of methoxy groups -OCH3 is 1. The minimum atomic E-state index is -0.665. The summed E-state index contributed by atoms with van der Waals surface area (Å²) in [6.07, 6.45) is 1.49. The van der Waals surface area contributed by atoms with Crippen molar-refractivity contribution in [3.63, 3.8) is 0 Å². The van der Waals surface area contributed by atoms with E-state index in [4.69, 9.17) is 15.2 Å². The molecule has 0 aliphatic carbocycles. The first-order valence-corrected chi connectivity index (χ1v) is 11.1. The molecule has 0 fully saturated rings. The molecule has 2 amide bonds. The minimum Gasteiger partial charge on any atom is -0.497 e. The van der Waals surface area contributed by atoms with Crippen LogP contribution < -0.4 is 25.8 Å². The van der Waals surface area contributed by atoms with Gasteiger partial charge in [0.1, 0.15) is 34.7 Å². The Morgan fingerprint density at radius 1 is 1.00 bits per heavy atom. The summed E-state index contributed by atoms with van der Waals surface area (Å²) in [5.74, 6) is 1.35. The van der Waals surface area contributed by atoms with Gasteiger partial charge in [-0.25, -0.2) is 18.9 Å². The third-order valence-electron chi connectivity index (χ3n) is 5.19. The van der Waals surface area contributed by atoms with E-state index < -0.39 is 11.8 Å². The highest BCUT2D eigenvalue weighted by atomic mass is 19.1. The monoisotopic (exact) mass is 490 g/mol. The molecule has 0 aliphatic rings. The number of nitrogens with zero attached hydrogens (tertiary/aromatic N) is 3. The number of carbonyl (C=O) groups is 1. The van der Waals surface area contributed by atoms with Crippen LogP contribution in [0.3, 0.4) is 0 Å². The number of benzene rings is 2. The molecule has 0 saturated heterocycles. The Hall–Kier alpha value is -4.60. The van der Waals surface area contributed by atoms with Crippen LogP contribution in [0.4, 0.5) is 26.5 Å². The average Bonchev–Trinajstić information content (AvgIpc) is 3.25. The summed E-state index contributed by atoms with van der Waals surface area (Å²) in [6.45, 7) is 6.07. The van der Waals surface area contributed by atoms with Crippen molar-refractivity contribution in [1.29, 1.82) is 0 Å². The van der Waals surface area contributed by atoms with Crippen LogP contribution in [0.5, 0.6) is 17.2 Å². The molecule has 186 valence electrons. The molecule has 0 unspecified atom stereocenters. The number of nitrogens with one attached hydrogen (secondary N) is 2. The van der Waals surface area contributed by atoms with Crippen molar-refractivity contribution < 1.29 is 18.7 Å². The zero-order valence-electron chi connectivity index (χ0n) is 20.4. The van der Waals surface area contributed by atoms with Crippen molar-refractivity contribution in [1.82, 2.24) is 14.8 Å². The summed E-state index contributed by atoms with van der Waals surface area (Å²) >= 11 is 0. The zero-order chi connectivity index (χ0) is 25.9. The molecule has 2 heterocycles. The number of anilines is 3. The van der Waals surface area contributed by atoms with Crippen molar-refractivity contribution in [2.75, 3.05) is 23.5 Å². The molecule has 2 aromatic carbocycles. The fourth-order valence-corrected chi connectivity index (χ4v) is 3.33. The second kappa shape index (κ2) is 9.95. The van der Waals surface area contributed by atoms with Crippen molar-refractivity contribution in [3.8, 4) is 22.9 Å². The fourth-order valence-electron chi connectivity index (χ4n) is 3.33. The Morgan fingerprint density at radius 3 is 2.47 bits per heavy atom. The first-order chi connectivity index (χ1) is 17.1. The van der Waals surface area contributed by atoms with Gasteiger partial charge < -0.3 is 20.5 Å². The van der Waals surface area contributed by atoms with Gasteiger partial charge in [0.15, 0.2) is 0 Å². The smallest absolute Gasteiger partial charge is 0.324 e. The van der Waals surface area contributed by atoms with E-state index in [9.17, 15) is 9.18 Å². The number of carbonyl (C=O) groups excluding carboxylic acids is 1. The minimum absolute atomic E-state index is 0.0161. The van der Waals surface area contributed by atoms with Gasteiger partial charge in [-0.2, -0.15) is 5.10 Å². The quantitative estimate of drug-likeness (QED) is 0.318. The molecular formula is C26H27FN6O3. The van der Waals surface area contributed by atoms with Crippen LogP contribution in [0, 0.1) is 5.82 Å². The maximum Gasteiger partial charge on any atom is 0.324 e. The standard InChI is InChI=1S/C26H27FN6O3/c1-26(2,3)22-15-24(33(32-22)16-6-5-7-17(12-16)35-4)31-25(34)30-21-9-8-18(13-20(21)27)36-19-10-11-29-23(28)14-19/h5-15H,1-4H3,(H2,28,29)(H2,30,31,34). The number of urea groups is 1. The molecule has 0 spiro atoms. The first-order valence-electron chi connectivity index (χ1n) is 11.1. The molecule has 4 N–H and O–H groups in total. The Balaban J connectivity index is 1.53. The molecule has 36 heavy (non-hydrogen) atoms. The van der Waals surface area contributed by atoms with E-state index in [1.807, 2.05) is 39.0 Å². The molecule has 4 rings (SSSR count). The topological polar surface area (TPSA) is 116 Å².